The quantitative estimate of drug-likeness (QED) is 0.00930. The summed E-state index contributed by atoms with van der Waals surface area (Å²) in [6.45, 7) is 0. The second-order valence-electron chi connectivity index (χ2n) is 20.6. The molecule has 0 fully saturated rings. The zero-order chi connectivity index (χ0) is 73.8. The van der Waals surface area contributed by atoms with Crippen molar-refractivity contribution in [2.45, 2.75) is 29.4 Å². The zero-order valence-electron chi connectivity index (χ0n) is 55.8. The number of aromatic carboxylic acids is 2. The second-order valence-corrected chi connectivity index (χ2v) is 28.9. The van der Waals surface area contributed by atoms with Crippen LogP contribution in [-0.4, -0.2) is 131 Å². The monoisotopic (exact) mass is 1640 g/mol. The van der Waals surface area contributed by atoms with Crippen LogP contribution in [0.3, 0.4) is 0 Å². The van der Waals surface area contributed by atoms with E-state index in [2.05, 4.69) is 71.0 Å². The summed E-state index contributed by atoms with van der Waals surface area (Å²) in [4.78, 5) is 57.2. The van der Waals surface area contributed by atoms with Gasteiger partial charge in [-0.2, -0.15) is 53.6 Å². The molecule has 6 aromatic carbocycles. The summed E-state index contributed by atoms with van der Waals surface area (Å²) in [5.41, 5.74) is -3.02. The molecule has 0 bridgehead atoms. The number of aromatic nitrogens is 8. The number of azo groups is 1. The van der Waals surface area contributed by atoms with E-state index < -0.39 is 209 Å². The Morgan fingerprint density at radius 3 is 1.29 bits per heavy atom. The number of carbonyl (C=O) groups is 2. The number of hydrogen-bond donors (Lipinski definition) is 8. The minimum absolute atomic E-state index is 0. The molecule has 0 aliphatic heterocycles. The molecule has 0 radical (unpaired) electrons. The first-order valence-electron chi connectivity index (χ1n) is 27.4. The van der Waals surface area contributed by atoms with E-state index in [4.69, 9.17) is 0 Å². The molecule has 0 spiro atoms. The molecule has 10 aromatic rings. The van der Waals surface area contributed by atoms with Crippen molar-refractivity contribution in [3.8, 4) is 23.4 Å². The van der Waals surface area contributed by atoms with Crippen LogP contribution in [0.15, 0.2) is 218 Å². The summed E-state index contributed by atoms with van der Waals surface area (Å²) in [6, 6.07) is 16.8. The Balaban J connectivity index is 0.00000348. The fourth-order valence-electron chi connectivity index (χ4n) is 9.43. The SMILES string of the molecule is O=C([O-])c1ccc[n+](-c2nc(N=C3C=CC(=Nc4nc(-[n+]5cccc(C(=O)[O-])c5)[nH]c(=Nc5cc(S(=O)(=O)O)cc6cc(S(=O)(=O)[O-])c(NNc7ccccc7S(=O)(=O)O)c([O-])c56)n4)C=C3)nc(=Nc3cc(S(=O)(=O)O)cc4cc(S(=O)(=O)[O-])c(N=Nc5ccccc5S(=O)(=O)O)c([O-])c34)[nH]2)c1.[Na+].[Na+].[Na+].[Na+].[Na+].[Na+]. The summed E-state index contributed by atoms with van der Waals surface area (Å²) in [7, 11) is -32.2. The summed E-state index contributed by atoms with van der Waals surface area (Å²) in [5.74, 6) is -8.26. The van der Waals surface area contributed by atoms with Crippen molar-refractivity contribution in [2.75, 3.05) is 10.9 Å². The topological polar surface area (TPSA) is 647 Å². The summed E-state index contributed by atoms with van der Waals surface area (Å²) in [6.07, 6.45) is 9.54. The molecule has 0 saturated heterocycles. The van der Waals surface area contributed by atoms with Crippen molar-refractivity contribution in [2.24, 2.45) is 30.2 Å². The van der Waals surface area contributed by atoms with Gasteiger partial charge in [0.15, 0.2) is 0 Å². The molecule has 522 valence electrons. The maximum absolute atomic E-state index is 14.5. The van der Waals surface area contributed by atoms with E-state index >= 15 is 0 Å². The number of H-pyrrole nitrogens is 2. The summed E-state index contributed by atoms with van der Waals surface area (Å²) >= 11 is 0. The van der Waals surface area contributed by atoms with Crippen LogP contribution in [0.2, 0.25) is 0 Å². The van der Waals surface area contributed by atoms with E-state index in [0.717, 1.165) is 64.0 Å². The first-order chi connectivity index (χ1) is 47.8. The first kappa shape index (κ1) is 92.4. The molecule has 1 aliphatic carbocycles. The number of allylic oxidation sites excluding steroid dienone is 4. The molecule has 0 amide bonds. The zero-order valence-corrected chi connectivity index (χ0v) is 72.7. The van der Waals surface area contributed by atoms with Crippen LogP contribution >= 0.6 is 0 Å². The Labute approximate surface area is 740 Å². The second kappa shape index (κ2) is 36.5. The minimum atomic E-state index is -5.78. The molecule has 0 atom stereocenters. The summed E-state index contributed by atoms with van der Waals surface area (Å²) in [5, 5.41) is 57.4. The van der Waals surface area contributed by atoms with E-state index in [1.807, 2.05) is 0 Å². The minimum Gasteiger partial charge on any atom is -0.871 e. The average Bonchev–Trinajstić information content (AvgIpc) is 0.751. The number of para-hydroxylation sites is 1. The molecule has 1 aliphatic rings. The van der Waals surface area contributed by atoms with Crippen molar-refractivity contribution >= 4 is 152 Å². The van der Waals surface area contributed by atoms with Crippen LogP contribution in [0.1, 0.15) is 20.7 Å². The van der Waals surface area contributed by atoms with Crippen LogP contribution in [0, 0.1) is 0 Å². The third kappa shape index (κ3) is 21.7. The number of rotatable bonds is 19. The van der Waals surface area contributed by atoms with Crippen molar-refractivity contribution in [1.82, 2.24) is 29.9 Å². The molecular weight excluding hydrogens is 1610 g/mol. The molecule has 0 saturated carbocycles. The number of carboxylic acids is 2. The van der Waals surface area contributed by atoms with E-state index in [-0.39, 0.29) is 195 Å². The number of hydrazine groups is 1. The largest absolute Gasteiger partial charge is 1.00 e. The Kier molecular flexibility index (Phi) is 31.2. The number of hydrogen-bond acceptors (Lipinski definition) is 32. The first-order valence-corrected chi connectivity index (χ1v) is 36.0. The van der Waals surface area contributed by atoms with Crippen molar-refractivity contribution in [3.05, 3.63) is 181 Å². The molecule has 8 N–H and O–H groups in total. The van der Waals surface area contributed by atoms with Gasteiger partial charge in [0.2, 0.25) is 0 Å². The number of carboxylic acid groups (broad SMARTS) is 2. The average molecular weight is 1650 g/mol. The van der Waals surface area contributed by atoms with E-state index in [1.54, 1.807) is 0 Å². The van der Waals surface area contributed by atoms with E-state index in [0.29, 0.717) is 36.4 Å². The van der Waals surface area contributed by atoms with Crippen LogP contribution < -0.4 is 229 Å². The van der Waals surface area contributed by atoms with Gasteiger partial charge in [-0.25, -0.2) is 35.9 Å². The molecule has 11 rings (SSSR count). The van der Waals surface area contributed by atoms with Crippen LogP contribution in [0.4, 0.5) is 46.0 Å². The molecule has 40 nitrogen and oxygen atoms in total. The third-order valence-corrected chi connectivity index (χ3v) is 19.0. The van der Waals surface area contributed by atoms with Gasteiger partial charge in [0.1, 0.15) is 35.7 Å². The number of aromatic amines is 2. The van der Waals surface area contributed by atoms with E-state index in [1.165, 1.54) is 67.0 Å². The normalized spacial score (nSPS) is 12.7. The maximum Gasteiger partial charge on any atom is 1.00 e. The molecule has 108 heavy (non-hydrogen) atoms. The van der Waals surface area contributed by atoms with Crippen molar-refractivity contribution < 1.29 is 294 Å². The fraction of sp³-hybridized carbons (Fsp3) is 0. The van der Waals surface area contributed by atoms with Gasteiger partial charge in [0.25, 0.3) is 51.7 Å². The number of pyridine rings is 2. The number of fused-ring (bicyclic) bond motifs is 2. The number of benzene rings is 6. The number of nitrogens with one attached hydrogen (secondary N) is 4. The van der Waals surface area contributed by atoms with Gasteiger partial charge in [-0.1, -0.05) is 35.8 Å². The van der Waals surface area contributed by atoms with Crippen LogP contribution in [0.25, 0.3) is 33.4 Å². The van der Waals surface area contributed by atoms with Gasteiger partial charge in [0, 0.05) is 21.9 Å². The number of aliphatic imine (C=N–C) groups is 2. The predicted octanol–water partition coefficient (Wildman–Crippen LogP) is -18.2. The number of carbonyl (C=O) groups excluding carboxylic acids is 2. The molecule has 4 aromatic heterocycles. The fourth-order valence-corrected chi connectivity index (χ4v) is 13.1. The Morgan fingerprint density at radius 1 is 0.444 bits per heavy atom. The third-order valence-electron chi connectivity index (χ3n) is 13.8. The molecule has 4 heterocycles. The Morgan fingerprint density at radius 2 is 0.861 bits per heavy atom. The molecular formula is C56H34N16Na6O24S6+2. The maximum atomic E-state index is 14.5. The standard InChI is InChI=1S/C56H38N16O24S6.6Na/c73-47-43-29(21-41(101(91,92)93)45(47)69-67-35-9-1-3-11-39(35)99(85,86)87)19-33(97(79,80)81)23-37(43)59-53-61-51(63-55(65-53)71-17-5-7-27(25-71)49(75)76)57-31-13-15-32(16-14-31)58-52-62-54(66-56(64-52)72-18-6-8-28(26-72)50(77)78)60-38-24-34(98(82,83)84)20-30-22-42(102(94,95)96)46(48(74)44(30)38)70-68-36-10-2-4-12-40(36)100(88,89)90;;;;;;/h1-26H,(H12-2,57,58,59,60,61,62,63,64,65,66,67,68,69,70,73,74,75,76,77,78,79,80,81,82,83,84,85,86,87,88,89,90,91,92,93,94,95,96);;;;;;/q;6*+1/p-4. The van der Waals surface area contributed by atoms with Gasteiger partial charge in [-0.15, -0.1) is 20.2 Å². The van der Waals surface area contributed by atoms with Crippen LogP contribution in [0.5, 0.6) is 11.5 Å². The molecule has 52 heteroatoms. The number of anilines is 2. The summed E-state index contributed by atoms with van der Waals surface area (Å²) < 4.78 is 218. The van der Waals surface area contributed by atoms with Gasteiger partial charge >= 0.3 is 201 Å². The van der Waals surface area contributed by atoms with Crippen molar-refractivity contribution in [3.63, 3.8) is 0 Å². The predicted molar refractivity (Wildman–Crippen MR) is 334 cm³/mol. The van der Waals surface area contributed by atoms with Gasteiger partial charge < -0.3 is 44.5 Å². The number of nitrogens with zero attached hydrogens (tertiary/aromatic N) is 12. The van der Waals surface area contributed by atoms with Crippen LogP contribution in [-0.2, 0) is 60.7 Å². The Bertz CT molecular complexity index is 6400. The molecule has 0 unspecified atom stereocenters. The van der Waals surface area contributed by atoms with Gasteiger partial charge in [0.05, 0.1) is 96.2 Å². The Hall–Kier alpha value is -6.22. The van der Waals surface area contributed by atoms with Gasteiger partial charge in [-0.05, 0) is 130 Å². The van der Waals surface area contributed by atoms with E-state index in [9.17, 15) is 108 Å². The van der Waals surface area contributed by atoms with Crippen molar-refractivity contribution in [1.29, 1.82) is 0 Å². The van der Waals surface area contributed by atoms with Gasteiger partial charge in [-0.3, -0.25) is 23.6 Å². The smallest absolute Gasteiger partial charge is 0.871 e.